The smallest absolute Gasteiger partial charge is 0.236 e. The van der Waals surface area contributed by atoms with E-state index in [4.69, 9.17) is 10.7 Å². The fourth-order valence-electron chi connectivity index (χ4n) is 4.76. The molecule has 0 radical (unpaired) electrons. The number of aromatic nitrogens is 1. The van der Waals surface area contributed by atoms with Gasteiger partial charge in [0.1, 0.15) is 0 Å². The van der Waals surface area contributed by atoms with Crippen LogP contribution in [-0.2, 0) is 16.0 Å². The third-order valence-electron chi connectivity index (χ3n) is 6.63. The second kappa shape index (κ2) is 10.1. The minimum atomic E-state index is -0.242. The van der Waals surface area contributed by atoms with Crippen LogP contribution in [0.25, 0.3) is 0 Å². The molecular formula is C25H32N4O2. The second-order valence-corrected chi connectivity index (χ2v) is 8.89. The fraction of sp³-hybridized carbons (Fsp3) is 0.480. The Morgan fingerprint density at radius 3 is 2.42 bits per heavy atom. The lowest BCUT2D eigenvalue weighted by molar-refractivity contribution is -0.136. The standard InChI is InChI=1S/C25H32N4O2/c26-25(31)21-10-13-29(14-11-21)24(30)18-28-12-4-7-22(17-28)23-9-8-20(16-27-23)15-19-5-2-1-3-6-19/h1-3,5-6,8-9,16,21-22H,4,7,10-15,17-18H2,(H2,26,31)/t22-/m1/s1. The molecule has 0 unspecified atom stereocenters. The van der Waals surface area contributed by atoms with Gasteiger partial charge in [0, 0.05) is 43.4 Å². The van der Waals surface area contributed by atoms with E-state index in [2.05, 4.69) is 41.3 Å². The zero-order valence-electron chi connectivity index (χ0n) is 18.1. The van der Waals surface area contributed by atoms with Crippen molar-refractivity contribution in [1.29, 1.82) is 0 Å². The molecule has 2 fully saturated rings. The molecule has 2 aliphatic rings. The first-order valence-electron chi connectivity index (χ1n) is 11.4. The summed E-state index contributed by atoms with van der Waals surface area (Å²) in [6, 6.07) is 14.8. The molecule has 2 aromatic rings. The topological polar surface area (TPSA) is 79.5 Å². The SMILES string of the molecule is NC(=O)C1CCN(C(=O)CN2CCC[C@@H](c3ccc(Cc4ccccc4)cn3)C2)CC1. The van der Waals surface area contributed by atoms with Gasteiger partial charge in [-0.25, -0.2) is 0 Å². The molecule has 2 N–H and O–H groups in total. The van der Waals surface area contributed by atoms with Gasteiger partial charge in [-0.15, -0.1) is 0 Å². The number of benzene rings is 1. The highest BCUT2D eigenvalue weighted by molar-refractivity contribution is 5.80. The second-order valence-electron chi connectivity index (χ2n) is 8.89. The number of nitrogens with two attached hydrogens (primary N) is 1. The molecule has 4 rings (SSSR count). The number of carbonyl (C=O) groups is 2. The molecular weight excluding hydrogens is 388 g/mol. The Hall–Kier alpha value is -2.73. The molecule has 3 heterocycles. The Bertz CT molecular complexity index is 876. The number of pyridine rings is 1. The number of hydrogen-bond acceptors (Lipinski definition) is 4. The number of nitrogens with zero attached hydrogens (tertiary/aromatic N) is 3. The lowest BCUT2D eigenvalue weighted by Gasteiger charge is -2.35. The van der Waals surface area contributed by atoms with Crippen LogP contribution < -0.4 is 5.73 Å². The third-order valence-corrected chi connectivity index (χ3v) is 6.63. The van der Waals surface area contributed by atoms with Gasteiger partial charge in [0.15, 0.2) is 0 Å². The fourth-order valence-corrected chi connectivity index (χ4v) is 4.76. The Kier molecular flexibility index (Phi) is 6.97. The van der Waals surface area contributed by atoms with Crippen LogP contribution in [0.15, 0.2) is 48.7 Å². The van der Waals surface area contributed by atoms with Crippen molar-refractivity contribution in [3.63, 3.8) is 0 Å². The number of primary amides is 1. The molecule has 1 aromatic heterocycles. The maximum atomic E-state index is 12.8. The number of amides is 2. The number of likely N-dealkylation sites (tertiary alicyclic amines) is 2. The molecule has 0 spiro atoms. The normalized spacial score (nSPS) is 20.5. The van der Waals surface area contributed by atoms with Crippen molar-refractivity contribution >= 4 is 11.8 Å². The van der Waals surface area contributed by atoms with Crippen molar-refractivity contribution in [2.75, 3.05) is 32.7 Å². The molecule has 6 nitrogen and oxygen atoms in total. The first kappa shape index (κ1) is 21.5. The molecule has 2 saturated heterocycles. The number of carbonyl (C=O) groups excluding carboxylic acids is 2. The number of rotatable bonds is 6. The lowest BCUT2D eigenvalue weighted by Crippen LogP contribution is -2.47. The Balaban J connectivity index is 1.29. The summed E-state index contributed by atoms with van der Waals surface area (Å²) in [4.78, 5) is 33.0. The number of hydrogen-bond donors (Lipinski definition) is 1. The quantitative estimate of drug-likeness (QED) is 0.779. The molecule has 0 saturated carbocycles. The molecule has 164 valence electrons. The van der Waals surface area contributed by atoms with Gasteiger partial charge in [-0.2, -0.15) is 0 Å². The summed E-state index contributed by atoms with van der Waals surface area (Å²) in [6.07, 6.45) is 6.45. The summed E-state index contributed by atoms with van der Waals surface area (Å²) in [5.41, 5.74) is 9.03. The summed E-state index contributed by atoms with van der Waals surface area (Å²) in [6.45, 7) is 3.53. The van der Waals surface area contributed by atoms with Crippen LogP contribution in [0.3, 0.4) is 0 Å². The lowest BCUT2D eigenvalue weighted by atomic mass is 9.93. The van der Waals surface area contributed by atoms with E-state index in [1.165, 1.54) is 11.1 Å². The maximum absolute atomic E-state index is 12.8. The Morgan fingerprint density at radius 2 is 1.74 bits per heavy atom. The molecule has 2 amide bonds. The van der Waals surface area contributed by atoms with Crippen LogP contribution in [0.1, 0.15) is 48.4 Å². The highest BCUT2D eigenvalue weighted by Gasteiger charge is 2.29. The average molecular weight is 421 g/mol. The zero-order valence-corrected chi connectivity index (χ0v) is 18.1. The molecule has 0 aliphatic carbocycles. The van der Waals surface area contributed by atoms with E-state index in [0.717, 1.165) is 38.0 Å². The summed E-state index contributed by atoms with van der Waals surface area (Å²) in [5, 5.41) is 0. The minimum absolute atomic E-state index is 0.0839. The van der Waals surface area contributed by atoms with E-state index in [1.807, 2.05) is 17.2 Å². The van der Waals surface area contributed by atoms with E-state index < -0.39 is 0 Å². The van der Waals surface area contributed by atoms with Gasteiger partial charge in [-0.05, 0) is 55.8 Å². The van der Waals surface area contributed by atoms with Crippen LogP contribution in [0, 0.1) is 5.92 Å². The van der Waals surface area contributed by atoms with E-state index >= 15 is 0 Å². The summed E-state index contributed by atoms with van der Waals surface area (Å²) >= 11 is 0. The molecule has 1 aromatic carbocycles. The predicted octanol–water partition coefficient (Wildman–Crippen LogP) is 2.58. The first-order valence-corrected chi connectivity index (χ1v) is 11.4. The number of piperidine rings is 2. The van der Waals surface area contributed by atoms with Crippen LogP contribution in [0.5, 0.6) is 0 Å². The van der Waals surface area contributed by atoms with E-state index in [9.17, 15) is 9.59 Å². The van der Waals surface area contributed by atoms with Gasteiger partial charge in [0.05, 0.1) is 6.54 Å². The largest absolute Gasteiger partial charge is 0.369 e. The summed E-state index contributed by atoms with van der Waals surface area (Å²) < 4.78 is 0. The highest BCUT2D eigenvalue weighted by Crippen LogP contribution is 2.26. The Labute approximate surface area is 184 Å². The van der Waals surface area contributed by atoms with Crippen LogP contribution in [-0.4, -0.2) is 59.3 Å². The van der Waals surface area contributed by atoms with E-state index in [-0.39, 0.29) is 17.7 Å². The molecule has 0 bridgehead atoms. The van der Waals surface area contributed by atoms with Gasteiger partial charge < -0.3 is 10.6 Å². The third kappa shape index (κ3) is 5.70. The monoisotopic (exact) mass is 420 g/mol. The zero-order chi connectivity index (χ0) is 21.6. The van der Waals surface area contributed by atoms with E-state index in [1.54, 1.807) is 0 Å². The van der Waals surface area contributed by atoms with Crippen LogP contribution >= 0.6 is 0 Å². The Morgan fingerprint density at radius 1 is 0.968 bits per heavy atom. The molecule has 2 aliphatic heterocycles. The van der Waals surface area contributed by atoms with Gasteiger partial charge >= 0.3 is 0 Å². The van der Waals surface area contributed by atoms with Crippen molar-refractivity contribution in [3.05, 3.63) is 65.5 Å². The maximum Gasteiger partial charge on any atom is 0.236 e. The van der Waals surface area contributed by atoms with Crippen molar-refractivity contribution in [2.24, 2.45) is 11.7 Å². The molecule has 6 heteroatoms. The molecule has 1 atom stereocenters. The van der Waals surface area contributed by atoms with E-state index in [0.29, 0.717) is 38.4 Å². The van der Waals surface area contributed by atoms with Crippen molar-refractivity contribution in [1.82, 2.24) is 14.8 Å². The predicted molar refractivity (Wildman–Crippen MR) is 120 cm³/mol. The summed E-state index contributed by atoms with van der Waals surface area (Å²) in [7, 11) is 0. The van der Waals surface area contributed by atoms with Crippen molar-refractivity contribution in [2.45, 2.75) is 38.0 Å². The molecule has 31 heavy (non-hydrogen) atoms. The van der Waals surface area contributed by atoms with Crippen LogP contribution in [0.4, 0.5) is 0 Å². The summed E-state index contributed by atoms with van der Waals surface area (Å²) in [5.74, 6) is 0.204. The highest BCUT2D eigenvalue weighted by atomic mass is 16.2. The van der Waals surface area contributed by atoms with Gasteiger partial charge in [0.25, 0.3) is 0 Å². The van der Waals surface area contributed by atoms with Gasteiger partial charge in [-0.1, -0.05) is 36.4 Å². The van der Waals surface area contributed by atoms with Crippen LogP contribution in [0.2, 0.25) is 0 Å². The van der Waals surface area contributed by atoms with Gasteiger partial charge in [0.2, 0.25) is 11.8 Å². The van der Waals surface area contributed by atoms with Crippen molar-refractivity contribution in [3.8, 4) is 0 Å². The average Bonchev–Trinajstić information content (AvgIpc) is 2.80. The van der Waals surface area contributed by atoms with Crippen molar-refractivity contribution < 1.29 is 9.59 Å². The van der Waals surface area contributed by atoms with Gasteiger partial charge in [-0.3, -0.25) is 19.5 Å². The minimum Gasteiger partial charge on any atom is -0.369 e. The first-order chi connectivity index (χ1) is 15.1.